The first kappa shape index (κ1) is 14.3. The lowest BCUT2D eigenvalue weighted by Gasteiger charge is -2.08. The Morgan fingerprint density at radius 3 is 2.05 bits per heavy atom. The fourth-order valence-corrected chi connectivity index (χ4v) is 5.30. The van der Waals surface area contributed by atoms with Gasteiger partial charge in [0.05, 0.1) is 22.3 Å². The van der Waals surface area contributed by atoms with Crippen molar-refractivity contribution in [3.8, 4) is 0 Å². The highest BCUT2D eigenvalue weighted by molar-refractivity contribution is 7.92. The van der Waals surface area contributed by atoms with Gasteiger partial charge in [-0.05, 0) is 17.7 Å². The quantitative estimate of drug-likeness (QED) is 0.892. The van der Waals surface area contributed by atoms with E-state index in [1.807, 2.05) is 30.3 Å². The SMILES string of the molecule is N[C@@]1(CO)[C@H](S(=O)(=O)c2ccccc2)[C@@H]1c1ccccc1. The minimum Gasteiger partial charge on any atom is -0.394 e. The van der Waals surface area contributed by atoms with Gasteiger partial charge in [0.2, 0.25) is 0 Å². The third-order valence-corrected chi connectivity index (χ3v) is 6.45. The summed E-state index contributed by atoms with van der Waals surface area (Å²) >= 11 is 0. The summed E-state index contributed by atoms with van der Waals surface area (Å²) in [5, 5.41) is 8.80. The normalized spacial score (nSPS) is 28.3. The maximum Gasteiger partial charge on any atom is 0.183 e. The third-order valence-electron chi connectivity index (χ3n) is 4.14. The van der Waals surface area contributed by atoms with Crippen LogP contribution in [0, 0.1) is 0 Å². The van der Waals surface area contributed by atoms with Gasteiger partial charge < -0.3 is 10.8 Å². The molecule has 0 radical (unpaired) electrons. The summed E-state index contributed by atoms with van der Waals surface area (Å²) in [6.07, 6.45) is 0. The van der Waals surface area contributed by atoms with E-state index in [2.05, 4.69) is 0 Å². The number of rotatable bonds is 4. The van der Waals surface area contributed by atoms with E-state index in [9.17, 15) is 13.5 Å². The molecule has 2 aromatic rings. The Labute approximate surface area is 124 Å². The summed E-state index contributed by atoms with van der Waals surface area (Å²) in [7, 11) is -3.57. The van der Waals surface area contributed by atoms with Crippen molar-refractivity contribution in [3.05, 3.63) is 66.2 Å². The van der Waals surface area contributed by atoms with Gasteiger partial charge in [0.15, 0.2) is 9.84 Å². The highest BCUT2D eigenvalue weighted by atomic mass is 32.2. The second kappa shape index (κ2) is 4.94. The Morgan fingerprint density at radius 1 is 1.00 bits per heavy atom. The Kier molecular flexibility index (Phi) is 3.36. The topological polar surface area (TPSA) is 80.4 Å². The van der Waals surface area contributed by atoms with Gasteiger partial charge in [0.1, 0.15) is 0 Å². The van der Waals surface area contributed by atoms with E-state index in [0.29, 0.717) is 0 Å². The molecule has 0 aliphatic heterocycles. The largest absolute Gasteiger partial charge is 0.394 e. The molecule has 0 bridgehead atoms. The minimum atomic E-state index is -3.57. The van der Waals surface area contributed by atoms with E-state index in [0.717, 1.165) is 5.56 Å². The Balaban J connectivity index is 2.03. The van der Waals surface area contributed by atoms with Crippen LogP contribution in [0.4, 0.5) is 0 Å². The molecule has 2 aromatic carbocycles. The Hall–Kier alpha value is -1.69. The smallest absolute Gasteiger partial charge is 0.183 e. The highest BCUT2D eigenvalue weighted by Gasteiger charge is 2.68. The molecule has 5 heteroatoms. The number of benzene rings is 2. The molecule has 1 fully saturated rings. The molecule has 0 saturated heterocycles. The van der Waals surface area contributed by atoms with Crippen LogP contribution in [0.2, 0.25) is 0 Å². The lowest BCUT2D eigenvalue weighted by molar-refractivity contribution is 0.253. The van der Waals surface area contributed by atoms with Gasteiger partial charge in [-0.3, -0.25) is 0 Å². The molecule has 0 amide bonds. The number of hydrogen-bond donors (Lipinski definition) is 2. The number of aliphatic hydroxyl groups excluding tert-OH is 1. The van der Waals surface area contributed by atoms with Crippen molar-refractivity contribution in [1.82, 2.24) is 0 Å². The summed E-state index contributed by atoms with van der Waals surface area (Å²) < 4.78 is 25.5. The molecule has 3 rings (SSSR count). The van der Waals surface area contributed by atoms with Crippen LogP contribution in [0.3, 0.4) is 0 Å². The maximum atomic E-state index is 12.8. The average Bonchev–Trinajstić information content (AvgIpc) is 3.17. The van der Waals surface area contributed by atoms with E-state index in [1.54, 1.807) is 30.3 Å². The van der Waals surface area contributed by atoms with Crippen LogP contribution in [0.15, 0.2) is 65.6 Å². The van der Waals surface area contributed by atoms with Gasteiger partial charge in [0.25, 0.3) is 0 Å². The van der Waals surface area contributed by atoms with E-state index >= 15 is 0 Å². The first-order valence-corrected chi connectivity index (χ1v) is 8.30. The fourth-order valence-electron chi connectivity index (χ4n) is 2.98. The van der Waals surface area contributed by atoms with E-state index in [-0.39, 0.29) is 17.4 Å². The number of sulfone groups is 1. The summed E-state index contributed by atoms with van der Waals surface area (Å²) in [6, 6.07) is 17.5. The molecular formula is C16H17NO3S. The molecule has 0 unspecified atom stereocenters. The average molecular weight is 303 g/mol. The Morgan fingerprint density at radius 2 is 1.52 bits per heavy atom. The fraction of sp³-hybridized carbons (Fsp3) is 0.250. The van der Waals surface area contributed by atoms with Gasteiger partial charge in [-0.2, -0.15) is 0 Å². The summed E-state index contributed by atoms with van der Waals surface area (Å²) in [6.45, 7) is -0.358. The van der Waals surface area contributed by atoms with Crippen LogP contribution >= 0.6 is 0 Å². The first-order chi connectivity index (χ1) is 10.0. The monoisotopic (exact) mass is 303 g/mol. The van der Waals surface area contributed by atoms with Crippen molar-refractivity contribution in [2.24, 2.45) is 5.73 Å². The molecule has 1 aliphatic rings. The van der Waals surface area contributed by atoms with Gasteiger partial charge in [-0.15, -0.1) is 0 Å². The van der Waals surface area contributed by atoms with Crippen LogP contribution in [0.25, 0.3) is 0 Å². The molecule has 0 aromatic heterocycles. The molecule has 3 atom stereocenters. The van der Waals surface area contributed by atoms with Crippen LogP contribution < -0.4 is 5.73 Å². The van der Waals surface area contributed by atoms with Gasteiger partial charge >= 0.3 is 0 Å². The predicted molar refractivity (Wildman–Crippen MR) is 80.6 cm³/mol. The van der Waals surface area contributed by atoms with Crippen molar-refractivity contribution in [1.29, 1.82) is 0 Å². The first-order valence-electron chi connectivity index (χ1n) is 6.75. The predicted octanol–water partition coefficient (Wildman–Crippen LogP) is 1.32. The van der Waals surface area contributed by atoms with E-state index < -0.39 is 20.6 Å². The molecular weight excluding hydrogens is 286 g/mol. The van der Waals surface area contributed by atoms with Crippen molar-refractivity contribution >= 4 is 9.84 Å². The van der Waals surface area contributed by atoms with Crippen LogP contribution in [-0.2, 0) is 9.84 Å². The molecule has 1 aliphatic carbocycles. The highest BCUT2D eigenvalue weighted by Crippen LogP contribution is 2.55. The third kappa shape index (κ3) is 2.18. The lowest BCUT2D eigenvalue weighted by Crippen LogP contribution is -2.35. The maximum absolute atomic E-state index is 12.8. The van der Waals surface area contributed by atoms with Crippen molar-refractivity contribution in [3.63, 3.8) is 0 Å². The number of nitrogens with two attached hydrogens (primary N) is 1. The van der Waals surface area contributed by atoms with Gasteiger partial charge in [-0.1, -0.05) is 48.5 Å². The van der Waals surface area contributed by atoms with Crippen molar-refractivity contribution in [2.75, 3.05) is 6.61 Å². The van der Waals surface area contributed by atoms with Gasteiger partial charge in [0, 0.05) is 5.92 Å². The molecule has 21 heavy (non-hydrogen) atoms. The zero-order valence-electron chi connectivity index (χ0n) is 11.4. The summed E-state index contributed by atoms with van der Waals surface area (Å²) in [5.74, 6) is -0.381. The van der Waals surface area contributed by atoms with Gasteiger partial charge in [-0.25, -0.2) is 8.42 Å². The zero-order valence-corrected chi connectivity index (χ0v) is 12.2. The van der Waals surface area contributed by atoms with Crippen LogP contribution in [-0.4, -0.2) is 30.9 Å². The number of hydrogen-bond acceptors (Lipinski definition) is 4. The summed E-state index contributed by atoms with van der Waals surface area (Å²) in [5.41, 5.74) is 5.89. The molecule has 4 nitrogen and oxygen atoms in total. The molecule has 1 saturated carbocycles. The Bertz CT molecular complexity index is 731. The second-order valence-corrected chi connectivity index (χ2v) is 7.51. The number of aliphatic hydroxyl groups is 1. The van der Waals surface area contributed by atoms with Crippen molar-refractivity contribution in [2.45, 2.75) is 21.6 Å². The zero-order chi connectivity index (χ0) is 15.1. The van der Waals surface area contributed by atoms with Crippen LogP contribution in [0.5, 0.6) is 0 Å². The van der Waals surface area contributed by atoms with Crippen molar-refractivity contribution < 1.29 is 13.5 Å². The van der Waals surface area contributed by atoms with E-state index in [4.69, 9.17) is 5.73 Å². The minimum absolute atomic E-state index is 0.247. The molecule has 0 heterocycles. The molecule has 0 spiro atoms. The standard InChI is InChI=1S/C16H17NO3S/c17-16(11-18)14(12-7-3-1-4-8-12)15(16)21(19,20)13-9-5-2-6-10-13/h1-10,14-15,18H,11,17H2/t14-,15+,16+/m0/s1. The molecule has 110 valence electrons. The van der Waals surface area contributed by atoms with Crippen LogP contribution in [0.1, 0.15) is 11.5 Å². The summed E-state index contributed by atoms with van der Waals surface area (Å²) in [4.78, 5) is 0.247. The lowest BCUT2D eigenvalue weighted by atomic mass is 10.1. The second-order valence-electron chi connectivity index (χ2n) is 5.44. The van der Waals surface area contributed by atoms with E-state index in [1.165, 1.54) is 0 Å². The molecule has 3 N–H and O–H groups in total.